The van der Waals surface area contributed by atoms with Gasteiger partial charge in [0, 0.05) is 37.6 Å². The Kier molecular flexibility index (Phi) is 9.18. The number of primary amides is 1. The Morgan fingerprint density at radius 1 is 1.39 bits per heavy atom. The first kappa shape index (κ1) is 24.0. The first-order valence-electron chi connectivity index (χ1n) is 9.49. The molecular formula is C20H22Cl2N4O3S2. The molecule has 1 fully saturated rings. The van der Waals surface area contributed by atoms with Crippen molar-refractivity contribution in [3.05, 3.63) is 51.0 Å². The maximum atomic E-state index is 12.2. The van der Waals surface area contributed by atoms with Crippen LogP contribution in [-0.4, -0.2) is 59.8 Å². The summed E-state index contributed by atoms with van der Waals surface area (Å²) in [5, 5.41) is 5.82. The van der Waals surface area contributed by atoms with Crippen LogP contribution in [0.15, 0.2) is 34.0 Å². The number of ether oxygens (including phenoxy) is 1. The zero-order valence-electron chi connectivity index (χ0n) is 16.6. The Morgan fingerprint density at radius 3 is 3.00 bits per heavy atom. The van der Waals surface area contributed by atoms with E-state index in [4.69, 9.17) is 33.7 Å². The number of benzene rings is 1. The molecule has 0 saturated carbocycles. The number of aromatic nitrogens is 1. The van der Waals surface area contributed by atoms with Crippen molar-refractivity contribution in [3.8, 4) is 0 Å². The van der Waals surface area contributed by atoms with Crippen LogP contribution >= 0.6 is 46.3 Å². The molecule has 7 nitrogen and oxygen atoms in total. The quantitative estimate of drug-likeness (QED) is 0.405. The lowest BCUT2D eigenvalue weighted by Crippen LogP contribution is -2.47. The van der Waals surface area contributed by atoms with Crippen LogP contribution in [0.4, 0.5) is 0 Å². The second-order valence-corrected chi connectivity index (χ2v) is 9.74. The van der Waals surface area contributed by atoms with Crippen molar-refractivity contribution in [1.82, 2.24) is 15.2 Å². The van der Waals surface area contributed by atoms with E-state index in [0.29, 0.717) is 28.9 Å². The fourth-order valence-electron chi connectivity index (χ4n) is 2.93. The second kappa shape index (κ2) is 11.8. The van der Waals surface area contributed by atoms with Crippen molar-refractivity contribution in [2.24, 2.45) is 5.73 Å². The van der Waals surface area contributed by atoms with Crippen molar-refractivity contribution in [2.75, 3.05) is 32.0 Å². The molecular weight excluding hydrogens is 479 g/mol. The summed E-state index contributed by atoms with van der Waals surface area (Å²) in [4.78, 5) is 29.6. The van der Waals surface area contributed by atoms with Gasteiger partial charge in [-0.25, -0.2) is 4.98 Å². The molecule has 3 rings (SSSR count). The van der Waals surface area contributed by atoms with Crippen LogP contribution in [-0.2, 0) is 20.9 Å². The highest BCUT2D eigenvalue weighted by Gasteiger charge is 2.21. The minimum atomic E-state index is -0.526. The molecule has 0 aliphatic carbocycles. The molecule has 1 aliphatic rings. The summed E-state index contributed by atoms with van der Waals surface area (Å²) < 4.78 is 6.54. The monoisotopic (exact) mass is 500 g/mol. The number of amides is 2. The van der Waals surface area contributed by atoms with Gasteiger partial charge in [0.25, 0.3) is 0 Å². The lowest BCUT2D eigenvalue weighted by molar-refractivity contribution is -0.119. The molecule has 0 radical (unpaired) electrons. The van der Waals surface area contributed by atoms with E-state index in [2.05, 4.69) is 15.2 Å². The first-order valence-corrected chi connectivity index (χ1v) is 12.1. The largest absolute Gasteiger partial charge is 0.374 e. The molecule has 2 aromatic rings. The molecule has 2 heterocycles. The van der Waals surface area contributed by atoms with E-state index < -0.39 is 5.91 Å². The number of morpholine rings is 1. The van der Waals surface area contributed by atoms with E-state index >= 15 is 0 Å². The highest BCUT2D eigenvalue weighted by atomic mass is 35.5. The van der Waals surface area contributed by atoms with Gasteiger partial charge in [-0.05, 0) is 23.8 Å². The van der Waals surface area contributed by atoms with E-state index in [0.717, 1.165) is 29.5 Å². The average Bonchev–Trinajstić information content (AvgIpc) is 3.20. The lowest BCUT2D eigenvalue weighted by Gasteiger charge is -2.33. The molecule has 1 aliphatic heterocycles. The molecule has 0 bridgehead atoms. The molecule has 1 unspecified atom stereocenters. The molecule has 31 heavy (non-hydrogen) atoms. The minimum Gasteiger partial charge on any atom is -0.374 e. The van der Waals surface area contributed by atoms with Gasteiger partial charge in [0.1, 0.15) is 0 Å². The number of nitrogens with two attached hydrogens (primary N) is 1. The average molecular weight is 501 g/mol. The molecule has 2 amide bonds. The van der Waals surface area contributed by atoms with E-state index in [-0.39, 0.29) is 17.8 Å². The van der Waals surface area contributed by atoms with Crippen LogP contribution in [0.25, 0.3) is 6.08 Å². The van der Waals surface area contributed by atoms with Gasteiger partial charge < -0.3 is 15.8 Å². The Balaban J connectivity index is 1.39. The molecule has 1 atom stereocenters. The first-order chi connectivity index (χ1) is 14.9. The van der Waals surface area contributed by atoms with Gasteiger partial charge in [-0.1, -0.05) is 41.0 Å². The van der Waals surface area contributed by atoms with Gasteiger partial charge in [0.15, 0.2) is 4.34 Å². The predicted octanol–water partition coefficient (Wildman–Crippen LogP) is 3.06. The number of thioether (sulfide) groups is 1. The number of hydrogen-bond acceptors (Lipinski definition) is 7. The van der Waals surface area contributed by atoms with Gasteiger partial charge in [-0.15, -0.1) is 11.3 Å². The van der Waals surface area contributed by atoms with Gasteiger partial charge in [-0.3, -0.25) is 14.5 Å². The van der Waals surface area contributed by atoms with Crippen LogP contribution in [0.3, 0.4) is 0 Å². The molecule has 1 saturated heterocycles. The smallest absolute Gasteiger partial charge is 0.241 e. The molecule has 166 valence electrons. The van der Waals surface area contributed by atoms with Crippen molar-refractivity contribution in [2.45, 2.75) is 17.0 Å². The highest BCUT2D eigenvalue weighted by molar-refractivity contribution is 8.01. The Bertz CT molecular complexity index is 954. The maximum Gasteiger partial charge on any atom is 0.241 e. The van der Waals surface area contributed by atoms with Gasteiger partial charge >= 0.3 is 0 Å². The lowest BCUT2D eigenvalue weighted by atomic mass is 10.2. The summed E-state index contributed by atoms with van der Waals surface area (Å²) in [6.07, 6.45) is 2.73. The fraction of sp³-hybridized carbons (Fsp3) is 0.350. The van der Waals surface area contributed by atoms with E-state index in [1.54, 1.807) is 17.5 Å². The van der Waals surface area contributed by atoms with Crippen LogP contribution in [0, 0.1) is 0 Å². The Morgan fingerprint density at radius 2 is 2.23 bits per heavy atom. The summed E-state index contributed by atoms with van der Waals surface area (Å²) in [5.41, 5.74) is 6.80. The second-order valence-electron chi connectivity index (χ2n) is 6.84. The Hall–Kier alpha value is -1.62. The van der Waals surface area contributed by atoms with Crippen molar-refractivity contribution in [3.63, 3.8) is 0 Å². The standard InChI is InChI=1S/C20H22Cl2N4O3S2/c21-16-3-1-13(7-17(16)22)9-26-5-6-29-15(10-26)8-24-19(28)12-31-20-25-14(11-30-20)2-4-18(23)27/h1-4,7,11,15H,5-6,8-10,12H2,(H2,23,27)(H,24,28)/b4-2+. The maximum absolute atomic E-state index is 12.2. The van der Waals surface area contributed by atoms with Gasteiger partial charge in [0.2, 0.25) is 11.8 Å². The van der Waals surface area contributed by atoms with Crippen LogP contribution < -0.4 is 11.1 Å². The van der Waals surface area contributed by atoms with E-state index in [1.165, 1.54) is 29.2 Å². The number of nitrogens with one attached hydrogen (secondary N) is 1. The molecule has 1 aromatic heterocycles. The number of thiazole rings is 1. The number of hydrogen-bond donors (Lipinski definition) is 2. The van der Waals surface area contributed by atoms with Crippen molar-refractivity contribution < 1.29 is 14.3 Å². The number of carbonyl (C=O) groups excluding carboxylic acids is 2. The number of rotatable bonds is 9. The topological polar surface area (TPSA) is 97.5 Å². The van der Waals surface area contributed by atoms with E-state index in [9.17, 15) is 9.59 Å². The molecule has 0 spiro atoms. The normalized spacial score (nSPS) is 17.2. The zero-order chi connectivity index (χ0) is 22.2. The number of carbonyl (C=O) groups is 2. The van der Waals surface area contributed by atoms with Crippen LogP contribution in [0.2, 0.25) is 10.0 Å². The van der Waals surface area contributed by atoms with Gasteiger partial charge in [-0.2, -0.15) is 0 Å². The SMILES string of the molecule is NC(=O)/C=C/c1csc(SCC(=O)NCC2CN(Cc3ccc(Cl)c(Cl)c3)CCO2)n1. The minimum absolute atomic E-state index is 0.0733. The third kappa shape index (κ3) is 8.10. The summed E-state index contributed by atoms with van der Waals surface area (Å²) in [6, 6.07) is 5.64. The number of halogens is 2. The zero-order valence-corrected chi connectivity index (χ0v) is 19.7. The Labute approximate surface area is 198 Å². The molecule has 3 N–H and O–H groups in total. The summed E-state index contributed by atoms with van der Waals surface area (Å²) >= 11 is 14.8. The summed E-state index contributed by atoms with van der Waals surface area (Å²) in [5.74, 6) is -0.353. The summed E-state index contributed by atoms with van der Waals surface area (Å²) in [7, 11) is 0. The van der Waals surface area contributed by atoms with Crippen molar-refractivity contribution in [1.29, 1.82) is 0 Å². The van der Waals surface area contributed by atoms with Crippen molar-refractivity contribution >= 4 is 64.2 Å². The van der Waals surface area contributed by atoms with Crippen LogP contribution in [0.5, 0.6) is 0 Å². The third-order valence-corrected chi connectivity index (χ3v) is 7.16. The molecule has 11 heteroatoms. The predicted molar refractivity (Wildman–Crippen MR) is 126 cm³/mol. The highest BCUT2D eigenvalue weighted by Crippen LogP contribution is 2.24. The van der Waals surface area contributed by atoms with Gasteiger partial charge in [0.05, 0.1) is 34.2 Å². The third-order valence-electron chi connectivity index (χ3n) is 4.39. The summed E-state index contributed by atoms with van der Waals surface area (Å²) in [6.45, 7) is 3.34. The molecule has 1 aromatic carbocycles. The van der Waals surface area contributed by atoms with Crippen LogP contribution in [0.1, 0.15) is 11.3 Å². The fourth-order valence-corrected chi connectivity index (χ4v) is 4.88. The van der Waals surface area contributed by atoms with E-state index in [1.807, 2.05) is 12.1 Å². The number of nitrogens with zero attached hydrogens (tertiary/aromatic N) is 2.